The van der Waals surface area contributed by atoms with Crippen LogP contribution >= 0.6 is 0 Å². The fourth-order valence-electron chi connectivity index (χ4n) is 4.29. The maximum absolute atomic E-state index is 14.8. The summed E-state index contributed by atoms with van der Waals surface area (Å²) in [4.78, 5) is 9.02. The van der Waals surface area contributed by atoms with Gasteiger partial charge in [0.05, 0.1) is 28.5 Å². The van der Waals surface area contributed by atoms with Crippen molar-refractivity contribution in [2.45, 2.75) is 32.7 Å². The molecule has 4 heterocycles. The van der Waals surface area contributed by atoms with Crippen LogP contribution in [0, 0.1) is 12.7 Å². The Morgan fingerprint density at radius 1 is 1.14 bits per heavy atom. The Balaban J connectivity index is 1.64. The number of rotatable bonds is 5. The van der Waals surface area contributed by atoms with E-state index < -0.39 is 33.7 Å². The number of hydrogen-bond donors (Lipinski definition) is 1. The number of hydrogen-bond acceptors (Lipinski definition) is 7. The Kier molecular flexibility index (Phi) is 5.70. The summed E-state index contributed by atoms with van der Waals surface area (Å²) in [6.45, 7) is 3.36. The van der Waals surface area contributed by atoms with E-state index in [4.69, 9.17) is 0 Å². The molecule has 0 bridgehead atoms. The zero-order valence-corrected chi connectivity index (χ0v) is 19.7. The number of alkyl halides is 2. The van der Waals surface area contributed by atoms with E-state index in [0.717, 1.165) is 11.6 Å². The van der Waals surface area contributed by atoms with Crippen LogP contribution in [0.3, 0.4) is 0 Å². The molecule has 0 saturated heterocycles. The highest BCUT2D eigenvalue weighted by atomic mass is 32.2. The van der Waals surface area contributed by atoms with E-state index in [-0.39, 0.29) is 17.1 Å². The molecule has 0 fully saturated rings. The van der Waals surface area contributed by atoms with Crippen molar-refractivity contribution >= 4 is 37.9 Å². The highest BCUT2D eigenvalue weighted by Gasteiger charge is 2.24. The minimum absolute atomic E-state index is 0.0312. The van der Waals surface area contributed by atoms with Gasteiger partial charge in [-0.05, 0) is 31.9 Å². The first kappa shape index (κ1) is 23.2. The Morgan fingerprint density at radius 2 is 1.91 bits per heavy atom. The molecule has 1 aliphatic heterocycles. The lowest BCUT2D eigenvalue weighted by Gasteiger charge is -2.20. The normalized spacial score (nSPS) is 16.6. The maximum atomic E-state index is 14.8. The molecule has 182 valence electrons. The monoisotopic (exact) mass is 502 g/mol. The van der Waals surface area contributed by atoms with E-state index in [0.29, 0.717) is 40.3 Å². The van der Waals surface area contributed by atoms with E-state index in [1.54, 1.807) is 24.3 Å². The molecule has 35 heavy (non-hydrogen) atoms. The molecule has 1 aromatic carbocycles. The Hall–Kier alpha value is -3.54. The van der Waals surface area contributed by atoms with Crippen LogP contribution in [0.1, 0.15) is 48.3 Å². The van der Waals surface area contributed by atoms with Crippen LogP contribution in [0.5, 0.6) is 0 Å². The molecular formula is C23H21F3N6O2S. The van der Waals surface area contributed by atoms with Gasteiger partial charge >= 0.3 is 0 Å². The molecular weight excluding hydrogens is 481 g/mol. The van der Waals surface area contributed by atoms with Crippen molar-refractivity contribution < 1.29 is 21.6 Å². The van der Waals surface area contributed by atoms with Crippen LogP contribution in [0.4, 0.5) is 19.0 Å². The largest absolute Gasteiger partial charge is 0.363 e. The molecule has 1 N–H and O–H groups in total. The molecule has 5 rings (SSSR count). The minimum Gasteiger partial charge on any atom is -0.363 e. The second kappa shape index (κ2) is 8.59. The fraction of sp³-hybridized carbons (Fsp3) is 0.304. The predicted molar refractivity (Wildman–Crippen MR) is 125 cm³/mol. The number of pyridine rings is 1. The molecule has 3 aromatic heterocycles. The predicted octanol–water partition coefficient (Wildman–Crippen LogP) is 4.43. The van der Waals surface area contributed by atoms with Crippen molar-refractivity contribution in [2.24, 2.45) is 0 Å². The summed E-state index contributed by atoms with van der Waals surface area (Å²) in [6.07, 6.45) is 0.576. The molecule has 0 spiro atoms. The molecule has 0 aliphatic carbocycles. The van der Waals surface area contributed by atoms with Crippen molar-refractivity contribution in [1.29, 1.82) is 0 Å². The smallest absolute Gasteiger partial charge is 0.266 e. The number of anilines is 1. The summed E-state index contributed by atoms with van der Waals surface area (Å²) >= 11 is 0. The number of aryl methyl sites for hydroxylation is 1. The quantitative estimate of drug-likeness (QED) is 0.431. The zero-order chi connectivity index (χ0) is 24.9. The summed E-state index contributed by atoms with van der Waals surface area (Å²) in [7, 11) is -3.13. The number of nitrogens with zero attached hydrogens (tertiary/aromatic N) is 5. The summed E-state index contributed by atoms with van der Waals surface area (Å²) in [5.41, 5.74) is 1.96. The highest BCUT2D eigenvalue weighted by molar-refractivity contribution is 7.91. The van der Waals surface area contributed by atoms with Crippen molar-refractivity contribution in [1.82, 2.24) is 24.6 Å². The van der Waals surface area contributed by atoms with Gasteiger partial charge < -0.3 is 5.32 Å². The average Bonchev–Trinajstić information content (AvgIpc) is 3.29. The van der Waals surface area contributed by atoms with Gasteiger partial charge in [0.25, 0.3) is 6.43 Å². The molecule has 0 saturated carbocycles. The standard InChI is InChI=1S/C23H21F3N6O2S/c1-12(15-4-3-5-16(19(15)24)20(25)26)28-21-18-10-17(14-6-8-35(33,34)9-7-14)23-31-27-11-32(23)22(18)30-13(2)29-21/h3-6,10-12,20H,7-9H2,1-2H3,(H,28,29,30)/t12-/m1/s1. The molecule has 0 radical (unpaired) electrons. The van der Waals surface area contributed by atoms with Crippen LogP contribution in [0.15, 0.2) is 36.7 Å². The molecule has 1 atom stereocenters. The third kappa shape index (κ3) is 4.22. The van der Waals surface area contributed by atoms with Gasteiger partial charge in [-0.25, -0.2) is 31.6 Å². The van der Waals surface area contributed by atoms with Crippen molar-refractivity contribution in [2.75, 3.05) is 16.8 Å². The first-order valence-electron chi connectivity index (χ1n) is 10.9. The lowest BCUT2D eigenvalue weighted by atomic mass is 10.0. The number of sulfone groups is 1. The van der Waals surface area contributed by atoms with Gasteiger partial charge in [0.2, 0.25) is 0 Å². The first-order valence-corrected chi connectivity index (χ1v) is 12.7. The third-order valence-electron chi connectivity index (χ3n) is 6.07. The van der Waals surface area contributed by atoms with Crippen LogP contribution < -0.4 is 5.32 Å². The molecule has 12 heteroatoms. The topological polar surface area (TPSA) is 102 Å². The van der Waals surface area contributed by atoms with E-state index >= 15 is 0 Å². The second-order valence-corrected chi connectivity index (χ2v) is 10.7. The second-order valence-electron chi connectivity index (χ2n) is 8.45. The minimum atomic E-state index is -3.13. The number of fused-ring (bicyclic) bond motifs is 3. The molecule has 8 nitrogen and oxygen atoms in total. The Bertz CT molecular complexity index is 1600. The van der Waals surface area contributed by atoms with Crippen LogP contribution in [-0.4, -0.2) is 44.5 Å². The molecule has 4 aromatic rings. The van der Waals surface area contributed by atoms with Gasteiger partial charge in [-0.1, -0.05) is 24.3 Å². The van der Waals surface area contributed by atoms with E-state index in [9.17, 15) is 21.6 Å². The highest BCUT2D eigenvalue weighted by Crippen LogP contribution is 2.34. The van der Waals surface area contributed by atoms with Crippen LogP contribution in [-0.2, 0) is 9.84 Å². The maximum Gasteiger partial charge on any atom is 0.266 e. The van der Waals surface area contributed by atoms with E-state index in [2.05, 4.69) is 25.5 Å². The lowest BCUT2D eigenvalue weighted by molar-refractivity contribution is 0.146. The molecule has 0 unspecified atom stereocenters. The SMILES string of the molecule is Cc1nc(N[C@H](C)c2cccc(C(F)F)c2F)c2cc(C3=CCS(=O)(=O)CC3)c3nncn3c2n1. The van der Waals surface area contributed by atoms with Gasteiger partial charge in [0.15, 0.2) is 21.1 Å². The Labute approximate surface area is 198 Å². The first-order chi connectivity index (χ1) is 16.6. The number of aromatic nitrogens is 5. The van der Waals surface area contributed by atoms with Crippen molar-refractivity contribution in [3.05, 3.63) is 65.0 Å². The molecule has 1 aliphatic rings. The number of nitrogens with one attached hydrogen (secondary N) is 1. The Morgan fingerprint density at radius 3 is 2.63 bits per heavy atom. The van der Waals surface area contributed by atoms with Gasteiger partial charge in [-0.2, -0.15) is 0 Å². The summed E-state index contributed by atoms with van der Waals surface area (Å²) in [6, 6.07) is 5.03. The summed E-state index contributed by atoms with van der Waals surface area (Å²) in [5, 5.41) is 11.9. The van der Waals surface area contributed by atoms with Gasteiger partial charge in [-0.15, -0.1) is 10.2 Å². The van der Waals surface area contributed by atoms with Gasteiger partial charge in [-0.3, -0.25) is 4.40 Å². The lowest BCUT2D eigenvalue weighted by Crippen LogP contribution is -2.16. The third-order valence-corrected chi connectivity index (χ3v) is 7.57. The number of halogens is 3. The fourth-order valence-corrected chi connectivity index (χ4v) is 5.44. The number of benzene rings is 1. The van der Waals surface area contributed by atoms with Crippen LogP contribution in [0.2, 0.25) is 0 Å². The van der Waals surface area contributed by atoms with E-state index in [1.807, 2.05) is 6.07 Å². The summed E-state index contributed by atoms with van der Waals surface area (Å²) < 4.78 is 66.7. The van der Waals surface area contributed by atoms with Crippen LogP contribution in [0.25, 0.3) is 22.3 Å². The van der Waals surface area contributed by atoms with Gasteiger partial charge in [0.1, 0.15) is 23.8 Å². The number of allylic oxidation sites excluding steroid dienone is 1. The molecule has 0 amide bonds. The van der Waals surface area contributed by atoms with Crippen molar-refractivity contribution in [3.63, 3.8) is 0 Å². The van der Waals surface area contributed by atoms with Crippen molar-refractivity contribution in [3.8, 4) is 0 Å². The van der Waals surface area contributed by atoms with Gasteiger partial charge in [0, 0.05) is 11.1 Å². The zero-order valence-electron chi connectivity index (χ0n) is 18.8. The average molecular weight is 503 g/mol. The van der Waals surface area contributed by atoms with E-state index in [1.165, 1.54) is 18.5 Å². The summed E-state index contributed by atoms with van der Waals surface area (Å²) in [5.74, 6) is -0.188.